The predicted octanol–water partition coefficient (Wildman–Crippen LogP) is 4.58. The predicted molar refractivity (Wildman–Crippen MR) is 111 cm³/mol. The molecule has 0 unspecified atom stereocenters. The lowest BCUT2D eigenvalue weighted by Gasteiger charge is -2.22. The Morgan fingerprint density at radius 3 is 2.30 bits per heavy atom. The van der Waals surface area contributed by atoms with E-state index in [0.717, 1.165) is 18.4 Å². The van der Waals surface area contributed by atoms with Gasteiger partial charge in [0.1, 0.15) is 6.54 Å². The molecule has 162 valence electrons. The van der Waals surface area contributed by atoms with Gasteiger partial charge in [0.2, 0.25) is 10.0 Å². The number of amides is 1. The maximum absolute atomic E-state index is 13.1. The van der Waals surface area contributed by atoms with Crippen molar-refractivity contribution < 1.29 is 26.4 Å². The third-order valence-electron chi connectivity index (χ3n) is 3.58. The van der Waals surface area contributed by atoms with E-state index in [2.05, 4.69) is 10.5 Å². The van der Waals surface area contributed by atoms with Crippen LogP contribution in [0.4, 0.5) is 18.9 Å². The summed E-state index contributed by atoms with van der Waals surface area (Å²) in [5.41, 5.74) is 0.986. The van der Waals surface area contributed by atoms with Gasteiger partial charge in [-0.05, 0) is 35.9 Å². The number of carbonyl (C=O) groups is 1. The summed E-state index contributed by atoms with van der Waals surface area (Å²) in [5, 5.41) is 3.65. The largest absolute Gasteiger partial charge is 0.417 e. The normalized spacial score (nSPS) is 12.2. The molecule has 0 heterocycles. The summed E-state index contributed by atoms with van der Waals surface area (Å²) in [6.45, 7) is -0.809. The smallest absolute Gasteiger partial charge is 0.271 e. The number of hydrogen-bond acceptors (Lipinski definition) is 4. The summed E-state index contributed by atoms with van der Waals surface area (Å²) in [6.07, 6.45) is -2.82. The van der Waals surface area contributed by atoms with E-state index < -0.39 is 39.2 Å². The number of sulfonamides is 1. The number of alkyl halides is 3. The average Bonchev–Trinajstić information content (AvgIpc) is 2.61. The van der Waals surface area contributed by atoms with Crippen molar-refractivity contribution in [1.29, 1.82) is 0 Å². The molecule has 30 heavy (non-hydrogen) atoms. The Bertz CT molecular complexity index is 1090. The summed E-state index contributed by atoms with van der Waals surface area (Å²) in [6, 6.07) is 7.07. The standard InChI is InChI=1S/C17H13Cl3F3N3O3S/c1-30(28,29)26(11-3-5-13(18)12(7-11)17(21,22)23)9-16(27)25-24-8-10-2-4-14(19)15(20)6-10/h2-8H,9H2,1H3,(H,25,27)/b24-8-. The van der Waals surface area contributed by atoms with Crippen molar-refractivity contribution in [3.63, 3.8) is 0 Å². The summed E-state index contributed by atoms with van der Waals surface area (Å²) in [7, 11) is -4.10. The first-order chi connectivity index (χ1) is 13.8. The Morgan fingerprint density at radius 2 is 1.73 bits per heavy atom. The van der Waals surface area contributed by atoms with Crippen LogP contribution in [-0.2, 0) is 21.0 Å². The minimum atomic E-state index is -4.80. The maximum Gasteiger partial charge on any atom is 0.417 e. The van der Waals surface area contributed by atoms with Crippen molar-refractivity contribution in [3.8, 4) is 0 Å². The molecule has 2 aromatic rings. The number of nitrogens with zero attached hydrogens (tertiary/aromatic N) is 2. The van der Waals surface area contributed by atoms with Gasteiger partial charge in [-0.3, -0.25) is 9.10 Å². The molecule has 0 aliphatic heterocycles. The third-order valence-corrected chi connectivity index (χ3v) is 5.79. The van der Waals surface area contributed by atoms with E-state index in [-0.39, 0.29) is 10.7 Å². The maximum atomic E-state index is 13.1. The molecule has 0 aliphatic carbocycles. The van der Waals surface area contributed by atoms with Gasteiger partial charge >= 0.3 is 6.18 Å². The second-order valence-corrected chi connectivity index (χ2v) is 9.03. The van der Waals surface area contributed by atoms with Crippen LogP contribution in [0, 0.1) is 0 Å². The molecule has 0 saturated carbocycles. The Balaban J connectivity index is 2.20. The Kier molecular flexibility index (Phi) is 7.62. The first-order valence-electron chi connectivity index (χ1n) is 7.90. The van der Waals surface area contributed by atoms with E-state index in [1.807, 2.05) is 0 Å². The Hall–Kier alpha value is -2.01. The van der Waals surface area contributed by atoms with Gasteiger partial charge in [0.05, 0.1) is 38.8 Å². The third kappa shape index (κ3) is 6.49. The van der Waals surface area contributed by atoms with Gasteiger partial charge < -0.3 is 0 Å². The van der Waals surface area contributed by atoms with E-state index in [1.165, 1.54) is 18.3 Å². The molecule has 1 amide bonds. The lowest BCUT2D eigenvalue weighted by Crippen LogP contribution is -2.39. The number of rotatable bonds is 6. The Labute approximate surface area is 185 Å². The van der Waals surface area contributed by atoms with Crippen LogP contribution in [0.2, 0.25) is 15.1 Å². The molecule has 1 N–H and O–H groups in total. The van der Waals surface area contributed by atoms with Crippen LogP contribution in [0.3, 0.4) is 0 Å². The van der Waals surface area contributed by atoms with Gasteiger partial charge in [-0.2, -0.15) is 18.3 Å². The van der Waals surface area contributed by atoms with Crippen LogP contribution in [0.5, 0.6) is 0 Å². The highest BCUT2D eigenvalue weighted by Crippen LogP contribution is 2.37. The highest BCUT2D eigenvalue weighted by atomic mass is 35.5. The SMILES string of the molecule is CS(=O)(=O)N(CC(=O)N/N=C\c1ccc(Cl)c(Cl)c1)c1ccc(Cl)c(C(F)(F)F)c1. The van der Waals surface area contributed by atoms with Gasteiger partial charge in [0.15, 0.2) is 0 Å². The van der Waals surface area contributed by atoms with Crippen LogP contribution >= 0.6 is 34.8 Å². The highest BCUT2D eigenvalue weighted by molar-refractivity contribution is 7.92. The van der Waals surface area contributed by atoms with E-state index in [0.29, 0.717) is 21.0 Å². The number of hydrogen-bond donors (Lipinski definition) is 1. The van der Waals surface area contributed by atoms with Crippen molar-refractivity contribution in [2.75, 3.05) is 17.1 Å². The lowest BCUT2D eigenvalue weighted by atomic mass is 10.2. The highest BCUT2D eigenvalue weighted by Gasteiger charge is 2.34. The fourth-order valence-corrected chi connectivity index (χ4v) is 3.60. The van der Waals surface area contributed by atoms with Crippen LogP contribution in [0.1, 0.15) is 11.1 Å². The van der Waals surface area contributed by atoms with Crippen molar-refractivity contribution in [2.24, 2.45) is 5.10 Å². The first-order valence-corrected chi connectivity index (χ1v) is 10.9. The Morgan fingerprint density at radius 1 is 1.10 bits per heavy atom. The van der Waals surface area contributed by atoms with Crippen molar-refractivity contribution >= 4 is 62.6 Å². The quantitative estimate of drug-likeness (QED) is 0.464. The molecule has 0 atom stereocenters. The summed E-state index contributed by atoms with van der Waals surface area (Å²) < 4.78 is 63.8. The van der Waals surface area contributed by atoms with Crippen LogP contribution in [-0.4, -0.2) is 33.3 Å². The molecule has 0 aliphatic rings. The zero-order valence-corrected chi connectivity index (χ0v) is 18.1. The number of halogens is 6. The molecule has 2 rings (SSSR count). The molecule has 0 bridgehead atoms. The molecular formula is C17H13Cl3F3N3O3S. The fraction of sp³-hybridized carbons (Fsp3) is 0.176. The summed E-state index contributed by atoms with van der Waals surface area (Å²) in [5.74, 6) is -0.889. The number of benzene rings is 2. The van der Waals surface area contributed by atoms with Crippen molar-refractivity contribution in [3.05, 3.63) is 62.6 Å². The molecule has 0 fully saturated rings. The summed E-state index contributed by atoms with van der Waals surface area (Å²) >= 11 is 17.2. The second kappa shape index (κ2) is 9.42. The molecule has 13 heteroatoms. The van der Waals surface area contributed by atoms with Crippen molar-refractivity contribution in [1.82, 2.24) is 5.43 Å². The zero-order chi connectivity index (χ0) is 22.7. The van der Waals surface area contributed by atoms with Crippen molar-refractivity contribution in [2.45, 2.75) is 6.18 Å². The zero-order valence-electron chi connectivity index (χ0n) is 15.0. The molecule has 6 nitrogen and oxygen atoms in total. The molecular weight excluding hydrogens is 490 g/mol. The number of nitrogens with one attached hydrogen (secondary N) is 1. The minimum absolute atomic E-state index is 0.262. The topological polar surface area (TPSA) is 78.8 Å². The van der Waals surface area contributed by atoms with Crippen LogP contribution in [0.15, 0.2) is 41.5 Å². The van der Waals surface area contributed by atoms with Gasteiger partial charge in [-0.25, -0.2) is 13.8 Å². The monoisotopic (exact) mass is 501 g/mol. The van der Waals surface area contributed by atoms with E-state index in [4.69, 9.17) is 34.8 Å². The average molecular weight is 503 g/mol. The number of carbonyl (C=O) groups excluding carboxylic acids is 1. The van der Waals surface area contributed by atoms with Gasteiger partial charge in [-0.15, -0.1) is 0 Å². The van der Waals surface area contributed by atoms with Crippen LogP contribution in [0.25, 0.3) is 0 Å². The molecule has 0 radical (unpaired) electrons. The van der Waals surface area contributed by atoms with E-state index in [1.54, 1.807) is 6.07 Å². The number of anilines is 1. The summed E-state index contributed by atoms with van der Waals surface area (Å²) in [4.78, 5) is 12.1. The molecule has 0 aromatic heterocycles. The van der Waals surface area contributed by atoms with E-state index in [9.17, 15) is 26.4 Å². The lowest BCUT2D eigenvalue weighted by molar-refractivity contribution is -0.137. The van der Waals surface area contributed by atoms with E-state index >= 15 is 0 Å². The number of hydrazone groups is 1. The molecule has 2 aromatic carbocycles. The van der Waals surface area contributed by atoms with Crippen LogP contribution < -0.4 is 9.73 Å². The fourth-order valence-electron chi connectivity index (χ4n) is 2.22. The van der Waals surface area contributed by atoms with Gasteiger partial charge in [-0.1, -0.05) is 40.9 Å². The van der Waals surface area contributed by atoms with Gasteiger partial charge in [0.25, 0.3) is 5.91 Å². The minimum Gasteiger partial charge on any atom is -0.271 e. The second-order valence-electron chi connectivity index (χ2n) is 5.90. The van der Waals surface area contributed by atoms with Gasteiger partial charge in [0, 0.05) is 0 Å². The first kappa shape index (κ1) is 24.3. The molecule has 0 saturated heterocycles. The molecule has 0 spiro atoms.